The fourth-order valence-electron chi connectivity index (χ4n) is 14.1. The Bertz CT molecular complexity index is 2730. The van der Waals surface area contributed by atoms with E-state index in [0.717, 1.165) is 16.8 Å². The van der Waals surface area contributed by atoms with E-state index in [-0.39, 0.29) is 54.7 Å². The number of allylic oxidation sites excluding steroid dienone is 5. The van der Waals surface area contributed by atoms with Crippen molar-refractivity contribution in [2.45, 2.75) is 212 Å². The standard InChI is InChI=1S/C69H106N6O16/c1-13-88-34-27-60(76)72-30-32-73(33-31-72)67-70-41-51-42-74(29-26-53(51)71-67)68(82)90-55-25-23-50(38-59(55)86-11)37-46(5)58-40-57(85-10)45(4)36-48(7)62(78)63(87-12)61(77)47(6)35-43(2)19-15-14-16-20-44(3)56(84-9)39-52-24-22-49(8)69(83,91-52)64(79)65(80)75-28-18-17-21-54(75)66(81)89-58/h14-16,19-20,36,41,43,45-47,49-50,52,54-59,62-63,78,83H,13,17-18,21-35,37-40,42H2,1-12H3/b16-14+,19-15+,44-20+,48-36+/t43-,45-,46-,47-,49-,50+,52+,54+,55-,56+,57-,58+,59-,62-,63+,69-/m1/s1. The fourth-order valence-corrected chi connectivity index (χ4v) is 14.1. The number of piperidine rings is 1. The van der Waals surface area contributed by atoms with Gasteiger partial charge in [0, 0.05) is 123 Å². The van der Waals surface area contributed by atoms with Crippen LogP contribution in [0.25, 0.3) is 0 Å². The summed E-state index contributed by atoms with van der Waals surface area (Å²) in [7, 11) is 6.20. The summed E-state index contributed by atoms with van der Waals surface area (Å²) in [6, 6.07) is -1.13. The molecule has 1 aromatic heterocycles. The Hall–Kier alpha value is -5.46. The number of anilines is 1. The molecule has 22 nitrogen and oxygen atoms in total. The van der Waals surface area contributed by atoms with Crippen LogP contribution < -0.4 is 4.90 Å². The predicted octanol–water partition coefficient (Wildman–Crippen LogP) is 7.69. The number of piperazine rings is 1. The first-order valence-electron chi connectivity index (χ1n) is 33.4. The second-order valence-electron chi connectivity index (χ2n) is 26.5. The SMILES string of the molecule is CCOCCC(=O)N1CCN(c2ncc3c(n2)CCN(C(=O)O[C@@H]2CC[C@@H](C[C@@H](C)[C@@H]4C[C@@H](OC)[C@H](C)/C=C(\C)[C@@H](O)[C@@H](OC)C(=O)[C@H](C)C[C@H](C)/C=C/C=C/C=C(\C)[C@@H](OC)C[C@@H]5CC[C@@H](C)[C@@](O)(O5)C(=O)C(=O)N5CCCC[C@H]5C(=O)O4)C[C@H]2OC)C3)CC1. The van der Waals surface area contributed by atoms with Gasteiger partial charge >= 0.3 is 12.1 Å². The molecule has 3 saturated heterocycles. The zero-order valence-electron chi connectivity index (χ0n) is 56.3. The number of aliphatic hydroxyl groups excluding tert-OH is 1. The van der Waals surface area contributed by atoms with Gasteiger partial charge in [-0.2, -0.15) is 0 Å². The molecule has 16 atom stereocenters. The molecule has 0 radical (unpaired) electrons. The van der Waals surface area contributed by atoms with Crippen LogP contribution in [0.1, 0.15) is 150 Å². The molecule has 4 fully saturated rings. The molecular formula is C69H106N6O16. The van der Waals surface area contributed by atoms with E-state index >= 15 is 0 Å². The highest BCUT2D eigenvalue weighted by Gasteiger charge is 2.53. The molecule has 91 heavy (non-hydrogen) atoms. The molecule has 0 unspecified atom stereocenters. The van der Waals surface area contributed by atoms with Gasteiger partial charge in [0.1, 0.15) is 30.5 Å². The number of rotatable bonds is 13. The van der Waals surface area contributed by atoms with Gasteiger partial charge in [-0.1, -0.05) is 71.1 Å². The highest BCUT2D eigenvalue weighted by Crippen LogP contribution is 2.39. The lowest BCUT2D eigenvalue weighted by atomic mass is 9.78. The van der Waals surface area contributed by atoms with Crippen molar-refractivity contribution in [2.75, 3.05) is 85.8 Å². The fraction of sp³-hybridized carbons (Fsp3) is 0.739. The van der Waals surface area contributed by atoms with Crippen LogP contribution in [0.4, 0.5) is 10.7 Å². The Balaban J connectivity index is 1.06. The molecule has 2 bridgehead atoms. The first-order chi connectivity index (χ1) is 43.5. The number of cyclic esters (lactones) is 1. The largest absolute Gasteiger partial charge is 0.460 e. The van der Waals surface area contributed by atoms with Crippen molar-refractivity contribution in [1.29, 1.82) is 0 Å². The van der Waals surface area contributed by atoms with E-state index in [1.54, 1.807) is 46.3 Å². The van der Waals surface area contributed by atoms with E-state index in [4.69, 9.17) is 42.9 Å². The summed E-state index contributed by atoms with van der Waals surface area (Å²) in [4.78, 5) is 101. The summed E-state index contributed by atoms with van der Waals surface area (Å²) in [6.07, 6.45) is 13.7. The molecule has 3 amide bonds. The van der Waals surface area contributed by atoms with E-state index in [0.29, 0.717) is 141 Å². The topological polar surface area (TPSA) is 255 Å². The number of esters is 1. The zero-order chi connectivity index (χ0) is 66.1. The van der Waals surface area contributed by atoms with Crippen molar-refractivity contribution in [3.05, 3.63) is 65.1 Å². The summed E-state index contributed by atoms with van der Waals surface area (Å²) in [6.45, 7) is 19.3. The third kappa shape index (κ3) is 19.1. The molecule has 508 valence electrons. The summed E-state index contributed by atoms with van der Waals surface area (Å²) in [5.74, 6) is -6.53. The van der Waals surface area contributed by atoms with Crippen LogP contribution in [0.3, 0.4) is 0 Å². The van der Waals surface area contributed by atoms with Crippen molar-refractivity contribution in [3.63, 3.8) is 0 Å². The molecule has 1 aromatic rings. The van der Waals surface area contributed by atoms with E-state index < -0.39 is 96.2 Å². The number of hydrogen-bond donors (Lipinski definition) is 2. The van der Waals surface area contributed by atoms with Crippen molar-refractivity contribution in [3.8, 4) is 0 Å². The van der Waals surface area contributed by atoms with Crippen LogP contribution >= 0.6 is 0 Å². The number of carbonyl (C=O) groups is 6. The van der Waals surface area contributed by atoms with Crippen molar-refractivity contribution < 1.29 is 76.9 Å². The average molecular weight is 1280 g/mol. The Kier molecular flexibility index (Phi) is 27.8. The lowest BCUT2D eigenvalue weighted by Gasteiger charge is -2.43. The molecule has 6 aliphatic rings. The van der Waals surface area contributed by atoms with Crippen LogP contribution in [-0.2, 0) is 74.8 Å². The number of ether oxygens (including phenoxy) is 8. The van der Waals surface area contributed by atoms with Gasteiger partial charge < -0.3 is 67.7 Å². The minimum Gasteiger partial charge on any atom is -0.460 e. The molecule has 1 saturated carbocycles. The van der Waals surface area contributed by atoms with E-state index in [2.05, 4.69) is 9.88 Å². The van der Waals surface area contributed by atoms with Crippen LogP contribution in [-0.4, -0.2) is 212 Å². The molecular weight excluding hydrogens is 1170 g/mol. The summed E-state index contributed by atoms with van der Waals surface area (Å²) in [5, 5.41) is 23.9. The minimum absolute atomic E-state index is 0.0183. The normalized spacial score (nSPS) is 34.7. The number of aromatic nitrogens is 2. The third-order valence-electron chi connectivity index (χ3n) is 19.9. The number of nitrogens with zero attached hydrogens (tertiary/aromatic N) is 6. The second-order valence-corrected chi connectivity index (χ2v) is 26.5. The Labute approximate surface area is 539 Å². The van der Waals surface area contributed by atoms with E-state index in [1.807, 2.05) is 82.9 Å². The van der Waals surface area contributed by atoms with E-state index in [1.165, 1.54) is 12.0 Å². The Morgan fingerprint density at radius 2 is 1.55 bits per heavy atom. The van der Waals surface area contributed by atoms with Gasteiger partial charge in [0.2, 0.25) is 17.6 Å². The number of carbonyl (C=O) groups excluding carboxylic acids is 6. The number of aliphatic hydroxyl groups is 2. The first-order valence-corrected chi connectivity index (χ1v) is 33.4. The number of hydrogen-bond acceptors (Lipinski definition) is 19. The second kappa shape index (κ2) is 34.6. The highest BCUT2D eigenvalue weighted by molar-refractivity contribution is 6.39. The maximum absolute atomic E-state index is 14.9. The molecule has 0 aromatic carbocycles. The summed E-state index contributed by atoms with van der Waals surface area (Å²) >= 11 is 0. The van der Waals surface area contributed by atoms with Gasteiger partial charge in [-0.05, 0) is 114 Å². The van der Waals surface area contributed by atoms with Crippen LogP contribution in [0.5, 0.6) is 0 Å². The Morgan fingerprint density at radius 3 is 2.25 bits per heavy atom. The molecule has 6 heterocycles. The number of methoxy groups -OCH3 is 4. The molecule has 2 N–H and O–H groups in total. The predicted molar refractivity (Wildman–Crippen MR) is 341 cm³/mol. The number of amides is 3. The Morgan fingerprint density at radius 1 is 0.802 bits per heavy atom. The van der Waals surface area contributed by atoms with Crippen molar-refractivity contribution >= 4 is 41.4 Å². The number of ketones is 2. The maximum atomic E-state index is 14.9. The molecule has 22 heteroatoms. The van der Waals surface area contributed by atoms with Gasteiger partial charge in [0.25, 0.3) is 11.7 Å². The molecule has 1 aliphatic carbocycles. The smallest absolute Gasteiger partial charge is 0.410 e. The maximum Gasteiger partial charge on any atom is 0.410 e. The van der Waals surface area contributed by atoms with E-state index in [9.17, 15) is 39.0 Å². The van der Waals surface area contributed by atoms with Crippen LogP contribution in [0.15, 0.2) is 53.8 Å². The van der Waals surface area contributed by atoms with Crippen molar-refractivity contribution in [1.82, 2.24) is 24.7 Å². The quantitative estimate of drug-likeness (QED) is 0.0830. The van der Waals surface area contributed by atoms with Gasteiger partial charge in [0.15, 0.2) is 5.78 Å². The summed E-state index contributed by atoms with van der Waals surface area (Å²) < 4.78 is 48.4. The van der Waals surface area contributed by atoms with Gasteiger partial charge in [0.05, 0.1) is 49.7 Å². The molecule has 0 spiro atoms. The number of Topliss-reactive ketones (excluding diaryl/α,β-unsaturated/α-hetero) is 2. The molecule has 7 rings (SSSR count). The summed E-state index contributed by atoms with van der Waals surface area (Å²) in [5.41, 5.74) is 3.12. The lowest BCUT2D eigenvalue weighted by Crippen LogP contribution is -2.61. The van der Waals surface area contributed by atoms with Gasteiger partial charge in [-0.25, -0.2) is 19.6 Å². The van der Waals surface area contributed by atoms with Gasteiger partial charge in [-0.15, -0.1) is 0 Å². The van der Waals surface area contributed by atoms with Crippen molar-refractivity contribution in [2.24, 2.45) is 35.5 Å². The average Bonchev–Trinajstić information content (AvgIpc) is 0.992. The lowest BCUT2D eigenvalue weighted by molar-refractivity contribution is -0.265. The zero-order valence-corrected chi connectivity index (χ0v) is 56.3. The molecule has 5 aliphatic heterocycles. The monoisotopic (exact) mass is 1270 g/mol. The highest BCUT2D eigenvalue weighted by atomic mass is 16.6. The van der Waals surface area contributed by atoms with Crippen LogP contribution in [0, 0.1) is 35.5 Å². The van der Waals surface area contributed by atoms with Crippen LogP contribution in [0.2, 0.25) is 0 Å². The minimum atomic E-state index is -2.45. The van der Waals surface area contributed by atoms with Gasteiger partial charge in [-0.3, -0.25) is 19.2 Å². The first kappa shape index (κ1) is 73.0. The number of fused-ring (bicyclic) bond motifs is 4. The third-order valence-corrected chi connectivity index (χ3v) is 19.9.